The number of nitrogens with one attached hydrogen (secondary N) is 1. The minimum Gasteiger partial charge on any atom is -0.468 e. The van der Waals surface area contributed by atoms with E-state index in [2.05, 4.69) is 26.1 Å². The zero-order valence-electron chi connectivity index (χ0n) is 9.12. The zero-order valence-corrected chi connectivity index (χ0v) is 9.93. The highest BCUT2D eigenvalue weighted by Crippen LogP contribution is 2.17. The lowest BCUT2D eigenvalue weighted by Crippen LogP contribution is -2.29. The molecule has 0 aromatic carbocycles. The molecular formula is C11H19NOS. The second-order valence-corrected chi connectivity index (χ2v) is 5.19. The van der Waals surface area contributed by atoms with Crippen LogP contribution in [0.25, 0.3) is 0 Å². The molecule has 1 N–H and O–H groups in total. The Bertz CT molecular complexity index is 233. The van der Waals surface area contributed by atoms with Crippen molar-refractivity contribution in [3.05, 3.63) is 24.2 Å². The first-order chi connectivity index (χ1) is 6.68. The van der Waals surface area contributed by atoms with Gasteiger partial charge in [-0.05, 0) is 12.1 Å². The third kappa shape index (κ3) is 4.72. The summed E-state index contributed by atoms with van der Waals surface area (Å²) in [5, 5.41) is 4.05. The zero-order chi connectivity index (χ0) is 10.4. The van der Waals surface area contributed by atoms with Gasteiger partial charge in [0.05, 0.1) is 12.0 Å². The van der Waals surface area contributed by atoms with Gasteiger partial charge in [-0.15, -0.1) is 11.8 Å². The Labute approximate surface area is 90.5 Å². The molecule has 3 heteroatoms. The van der Waals surface area contributed by atoms with Crippen LogP contribution in [-0.2, 0) is 5.75 Å². The second-order valence-electron chi connectivity index (χ2n) is 3.76. The lowest BCUT2D eigenvalue weighted by atomic mass is 10.3. The van der Waals surface area contributed by atoms with Crippen LogP contribution in [-0.4, -0.2) is 17.8 Å². The maximum atomic E-state index is 5.27. The molecule has 0 aliphatic carbocycles. The van der Waals surface area contributed by atoms with E-state index >= 15 is 0 Å². The molecule has 0 spiro atoms. The summed E-state index contributed by atoms with van der Waals surface area (Å²) in [4.78, 5) is 0. The van der Waals surface area contributed by atoms with Crippen LogP contribution < -0.4 is 5.32 Å². The molecule has 1 aromatic heterocycles. The summed E-state index contributed by atoms with van der Waals surface area (Å²) in [5.74, 6) is 2.03. The Kier molecular flexibility index (Phi) is 5.12. The molecule has 0 aliphatic rings. The van der Waals surface area contributed by atoms with Crippen molar-refractivity contribution in [2.24, 2.45) is 0 Å². The third-order valence-corrected chi connectivity index (χ3v) is 3.09. The van der Waals surface area contributed by atoms with Gasteiger partial charge in [0.2, 0.25) is 0 Å². The number of furan rings is 1. The van der Waals surface area contributed by atoms with Gasteiger partial charge >= 0.3 is 0 Å². The largest absolute Gasteiger partial charge is 0.468 e. The van der Waals surface area contributed by atoms with E-state index in [0.29, 0.717) is 11.3 Å². The van der Waals surface area contributed by atoms with Crippen molar-refractivity contribution in [2.45, 2.75) is 37.8 Å². The average Bonchev–Trinajstić information content (AvgIpc) is 2.63. The molecule has 1 heterocycles. The van der Waals surface area contributed by atoms with Gasteiger partial charge in [-0.1, -0.05) is 20.8 Å². The smallest absolute Gasteiger partial charge is 0.113 e. The molecule has 0 radical (unpaired) electrons. The second kappa shape index (κ2) is 6.14. The summed E-state index contributed by atoms with van der Waals surface area (Å²) in [6.07, 6.45) is 1.73. The molecule has 14 heavy (non-hydrogen) atoms. The Hall–Kier alpha value is -0.410. The van der Waals surface area contributed by atoms with Crippen molar-refractivity contribution < 1.29 is 4.42 Å². The molecule has 0 fully saturated rings. The van der Waals surface area contributed by atoms with Crippen LogP contribution in [0.5, 0.6) is 0 Å². The van der Waals surface area contributed by atoms with Crippen molar-refractivity contribution in [1.82, 2.24) is 5.32 Å². The summed E-state index contributed by atoms with van der Waals surface area (Å²) in [6, 6.07) is 4.53. The minimum atomic E-state index is 0.571. The molecule has 1 atom stereocenters. The van der Waals surface area contributed by atoms with E-state index in [9.17, 15) is 0 Å². The van der Waals surface area contributed by atoms with Gasteiger partial charge in [0.15, 0.2) is 0 Å². The summed E-state index contributed by atoms with van der Waals surface area (Å²) < 4.78 is 5.27. The van der Waals surface area contributed by atoms with Gasteiger partial charge in [-0.2, -0.15) is 0 Å². The fourth-order valence-corrected chi connectivity index (χ4v) is 1.91. The number of rotatable bonds is 6. The summed E-state index contributed by atoms with van der Waals surface area (Å²) in [6.45, 7) is 7.64. The molecule has 80 valence electrons. The van der Waals surface area contributed by atoms with E-state index in [1.165, 1.54) is 0 Å². The van der Waals surface area contributed by atoms with Gasteiger partial charge in [0, 0.05) is 17.8 Å². The Morgan fingerprint density at radius 2 is 2.21 bits per heavy atom. The number of hydrogen-bond donors (Lipinski definition) is 1. The molecule has 0 amide bonds. The SMILES string of the molecule is CC(C)NCC(C)SCc1ccco1. The van der Waals surface area contributed by atoms with E-state index in [1.54, 1.807) is 6.26 Å². The highest BCUT2D eigenvalue weighted by Gasteiger charge is 2.04. The topological polar surface area (TPSA) is 25.2 Å². The molecule has 0 aliphatic heterocycles. The highest BCUT2D eigenvalue weighted by molar-refractivity contribution is 7.99. The molecule has 2 nitrogen and oxygen atoms in total. The van der Waals surface area contributed by atoms with Crippen LogP contribution in [0.4, 0.5) is 0 Å². The first kappa shape index (κ1) is 11.7. The minimum absolute atomic E-state index is 0.571. The van der Waals surface area contributed by atoms with Crippen molar-refractivity contribution in [3.8, 4) is 0 Å². The van der Waals surface area contributed by atoms with E-state index < -0.39 is 0 Å². The summed E-state index contributed by atoms with van der Waals surface area (Å²) in [5.41, 5.74) is 0. The van der Waals surface area contributed by atoms with Crippen LogP contribution in [0.15, 0.2) is 22.8 Å². The van der Waals surface area contributed by atoms with Crippen molar-refractivity contribution in [2.75, 3.05) is 6.54 Å². The highest BCUT2D eigenvalue weighted by atomic mass is 32.2. The third-order valence-electron chi connectivity index (χ3n) is 1.90. The Morgan fingerprint density at radius 3 is 2.79 bits per heavy atom. The van der Waals surface area contributed by atoms with E-state index in [0.717, 1.165) is 18.1 Å². The van der Waals surface area contributed by atoms with Crippen LogP contribution >= 0.6 is 11.8 Å². The van der Waals surface area contributed by atoms with E-state index in [4.69, 9.17) is 4.42 Å². The molecule has 0 saturated carbocycles. The van der Waals surface area contributed by atoms with Gasteiger partial charge in [-0.3, -0.25) is 0 Å². The quantitative estimate of drug-likeness (QED) is 0.786. The number of hydrogen-bond acceptors (Lipinski definition) is 3. The monoisotopic (exact) mass is 213 g/mol. The van der Waals surface area contributed by atoms with Crippen molar-refractivity contribution in [3.63, 3.8) is 0 Å². The maximum Gasteiger partial charge on any atom is 0.113 e. The van der Waals surface area contributed by atoms with Gasteiger partial charge in [0.1, 0.15) is 5.76 Å². The predicted molar refractivity (Wildman–Crippen MR) is 62.6 cm³/mol. The number of thioether (sulfide) groups is 1. The molecule has 0 saturated heterocycles. The summed E-state index contributed by atoms with van der Waals surface area (Å²) in [7, 11) is 0. The molecular weight excluding hydrogens is 194 g/mol. The Balaban J connectivity index is 2.12. The first-order valence-corrected chi connectivity index (χ1v) is 6.10. The normalized spacial score (nSPS) is 13.4. The van der Waals surface area contributed by atoms with E-state index in [-0.39, 0.29) is 0 Å². The molecule has 1 aromatic rings. The predicted octanol–water partition coefficient (Wildman–Crippen LogP) is 2.90. The standard InChI is InChI=1S/C11H19NOS/c1-9(2)12-7-10(3)14-8-11-5-4-6-13-11/h4-6,9-10,12H,7-8H2,1-3H3. The van der Waals surface area contributed by atoms with Gasteiger partial charge < -0.3 is 9.73 Å². The summed E-state index contributed by atoms with van der Waals surface area (Å²) >= 11 is 1.92. The van der Waals surface area contributed by atoms with Crippen molar-refractivity contribution in [1.29, 1.82) is 0 Å². The van der Waals surface area contributed by atoms with Crippen LogP contribution in [0.1, 0.15) is 26.5 Å². The lowest BCUT2D eigenvalue weighted by Gasteiger charge is -2.13. The molecule has 0 bridgehead atoms. The van der Waals surface area contributed by atoms with Gasteiger partial charge in [-0.25, -0.2) is 0 Å². The lowest BCUT2D eigenvalue weighted by molar-refractivity contribution is 0.529. The fourth-order valence-electron chi connectivity index (χ4n) is 1.08. The molecule has 1 unspecified atom stereocenters. The van der Waals surface area contributed by atoms with Crippen LogP contribution in [0.2, 0.25) is 0 Å². The Morgan fingerprint density at radius 1 is 1.43 bits per heavy atom. The maximum absolute atomic E-state index is 5.27. The van der Waals surface area contributed by atoms with Crippen LogP contribution in [0, 0.1) is 0 Å². The average molecular weight is 213 g/mol. The van der Waals surface area contributed by atoms with E-state index in [1.807, 2.05) is 23.9 Å². The van der Waals surface area contributed by atoms with Crippen molar-refractivity contribution >= 4 is 11.8 Å². The molecule has 1 rings (SSSR count). The van der Waals surface area contributed by atoms with Crippen LogP contribution in [0.3, 0.4) is 0 Å². The first-order valence-electron chi connectivity index (χ1n) is 5.06. The fraction of sp³-hybridized carbons (Fsp3) is 0.636. The van der Waals surface area contributed by atoms with Gasteiger partial charge in [0.25, 0.3) is 0 Å².